The van der Waals surface area contributed by atoms with Crippen LogP contribution in [0.1, 0.15) is 6.42 Å². The molecule has 0 aliphatic carbocycles. The van der Waals surface area contributed by atoms with E-state index in [1.807, 2.05) is 0 Å². The molecule has 1 heterocycles. The molecule has 1 aliphatic heterocycles. The van der Waals surface area contributed by atoms with Crippen molar-refractivity contribution in [1.82, 2.24) is 9.80 Å². The number of nitrogens with zero attached hydrogens (tertiary/aromatic N) is 2. The number of hydrogen-bond acceptors (Lipinski definition) is 5. The summed E-state index contributed by atoms with van der Waals surface area (Å²) in [4.78, 5) is 25.6. The molecule has 0 saturated carbocycles. The number of urea groups is 1. The van der Waals surface area contributed by atoms with E-state index in [1.165, 1.54) is 12.0 Å². The normalized spacial score (nSPS) is 18.4. The summed E-state index contributed by atoms with van der Waals surface area (Å²) in [6, 6.07) is -0.457. The van der Waals surface area contributed by atoms with E-state index in [1.54, 1.807) is 0 Å². The molecule has 0 aromatic heterocycles. The molecule has 0 aromatic rings. The van der Waals surface area contributed by atoms with Gasteiger partial charge in [-0.3, -0.25) is 4.79 Å². The first-order valence-corrected chi connectivity index (χ1v) is 8.13. The Balaban J connectivity index is 2.69. The summed E-state index contributed by atoms with van der Waals surface area (Å²) in [5, 5.41) is 8.82. The Labute approximate surface area is 118 Å². The van der Waals surface area contributed by atoms with E-state index in [-0.39, 0.29) is 31.2 Å². The Kier molecular flexibility index (Phi) is 6.21. The average Bonchev–Trinajstić information content (AvgIpc) is 2.54. The lowest BCUT2D eigenvalue weighted by Gasteiger charge is -2.28. The lowest BCUT2D eigenvalue weighted by Crippen LogP contribution is -2.47. The van der Waals surface area contributed by atoms with E-state index in [0.717, 1.165) is 4.90 Å². The molecule has 9 heteroatoms. The van der Waals surface area contributed by atoms with Crippen LogP contribution < -0.4 is 0 Å². The summed E-state index contributed by atoms with van der Waals surface area (Å²) in [6.45, 7) is 0.382. The maximum atomic E-state index is 12.2. The van der Waals surface area contributed by atoms with Crippen molar-refractivity contribution in [3.8, 4) is 0 Å². The predicted octanol–water partition coefficient (Wildman–Crippen LogP) is -0.740. The van der Waals surface area contributed by atoms with E-state index in [0.29, 0.717) is 13.0 Å². The molecule has 1 rings (SSSR count). The van der Waals surface area contributed by atoms with Crippen molar-refractivity contribution in [3.05, 3.63) is 0 Å². The third-order valence-corrected chi connectivity index (χ3v) is 4.70. The number of ether oxygens (including phenoxy) is 1. The quantitative estimate of drug-likeness (QED) is 0.717. The van der Waals surface area contributed by atoms with Crippen LogP contribution in [0.25, 0.3) is 0 Å². The van der Waals surface area contributed by atoms with Crippen molar-refractivity contribution >= 4 is 21.8 Å². The average molecular weight is 308 g/mol. The molecular weight excluding hydrogens is 288 g/mol. The maximum absolute atomic E-state index is 12.2. The topological polar surface area (TPSA) is 104 Å². The second kappa shape index (κ2) is 7.44. The number of carbonyl (C=O) groups excluding carboxylic acids is 1. The molecular formula is C11H20N2O6S. The summed E-state index contributed by atoms with van der Waals surface area (Å²) in [7, 11) is -1.64. The van der Waals surface area contributed by atoms with Crippen molar-refractivity contribution in [3.63, 3.8) is 0 Å². The SMILES string of the molecule is COCCN(CC(=O)O)C(=O)N1CCCS(=O)(=O)CC1. The number of hydrogen-bond donors (Lipinski definition) is 1. The molecule has 1 N–H and O–H groups in total. The fourth-order valence-electron chi connectivity index (χ4n) is 1.94. The first-order valence-electron chi connectivity index (χ1n) is 6.31. The summed E-state index contributed by atoms with van der Waals surface area (Å²) in [6.07, 6.45) is 0.374. The third kappa shape index (κ3) is 5.33. The zero-order valence-corrected chi connectivity index (χ0v) is 12.3. The number of sulfone groups is 1. The molecule has 20 heavy (non-hydrogen) atoms. The first-order chi connectivity index (χ1) is 9.35. The monoisotopic (exact) mass is 308 g/mol. The van der Waals surface area contributed by atoms with Crippen molar-refractivity contribution in [1.29, 1.82) is 0 Å². The molecule has 1 aliphatic rings. The van der Waals surface area contributed by atoms with Crippen molar-refractivity contribution in [2.75, 3.05) is 51.4 Å². The Hall–Kier alpha value is -1.35. The molecule has 0 atom stereocenters. The minimum atomic E-state index is -3.10. The molecule has 116 valence electrons. The number of carbonyl (C=O) groups is 2. The van der Waals surface area contributed by atoms with Gasteiger partial charge < -0.3 is 19.6 Å². The van der Waals surface area contributed by atoms with Gasteiger partial charge in [-0.2, -0.15) is 0 Å². The van der Waals surface area contributed by atoms with Crippen LogP contribution >= 0.6 is 0 Å². The molecule has 2 amide bonds. The molecule has 0 unspecified atom stereocenters. The lowest BCUT2D eigenvalue weighted by molar-refractivity contribution is -0.137. The smallest absolute Gasteiger partial charge is 0.323 e. The standard InChI is InChI=1S/C11H20N2O6S/c1-19-6-4-13(9-10(14)15)11(16)12-3-2-7-20(17,18)8-5-12/h2-9H2,1H3,(H,14,15). The van der Waals surface area contributed by atoms with Gasteiger partial charge in [0.2, 0.25) is 0 Å². The van der Waals surface area contributed by atoms with Gasteiger partial charge in [-0.1, -0.05) is 0 Å². The van der Waals surface area contributed by atoms with E-state index in [9.17, 15) is 18.0 Å². The Morgan fingerprint density at radius 1 is 1.30 bits per heavy atom. The highest BCUT2D eigenvalue weighted by Crippen LogP contribution is 2.08. The van der Waals surface area contributed by atoms with Gasteiger partial charge in [0.05, 0.1) is 18.1 Å². The lowest BCUT2D eigenvalue weighted by atomic mass is 10.4. The highest BCUT2D eigenvalue weighted by Gasteiger charge is 2.26. The van der Waals surface area contributed by atoms with Crippen LogP contribution in [0.3, 0.4) is 0 Å². The van der Waals surface area contributed by atoms with Crippen molar-refractivity contribution in [2.45, 2.75) is 6.42 Å². The van der Waals surface area contributed by atoms with Gasteiger partial charge in [-0.05, 0) is 6.42 Å². The van der Waals surface area contributed by atoms with E-state index in [4.69, 9.17) is 9.84 Å². The molecule has 0 aromatic carbocycles. The van der Waals surface area contributed by atoms with Gasteiger partial charge in [0.15, 0.2) is 9.84 Å². The van der Waals surface area contributed by atoms with Gasteiger partial charge in [0.25, 0.3) is 0 Å². The number of amides is 2. The first kappa shape index (κ1) is 16.7. The highest BCUT2D eigenvalue weighted by molar-refractivity contribution is 7.91. The Morgan fingerprint density at radius 2 is 2.00 bits per heavy atom. The Bertz CT molecular complexity index is 450. The van der Waals surface area contributed by atoms with Crippen molar-refractivity contribution in [2.24, 2.45) is 0 Å². The fraction of sp³-hybridized carbons (Fsp3) is 0.818. The summed E-state index contributed by atoms with van der Waals surface area (Å²) in [5.74, 6) is -1.13. The molecule has 0 spiro atoms. The maximum Gasteiger partial charge on any atom is 0.323 e. The molecule has 0 bridgehead atoms. The van der Waals surface area contributed by atoms with Crippen LogP contribution in [0.2, 0.25) is 0 Å². The summed E-state index contributed by atoms with van der Waals surface area (Å²) < 4.78 is 27.8. The molecule has 8 nitrogen and oxygen atoms in total. The molecule has 0 radical (unpaired) electrons. The predicted molar refractivity (Wildman–Crippen MR) is 71.3 cm³/mol. The minimum absolute atomic E-state index is 0.0633. The van der Waals surface area contributed by atoms with Gasteiger partial charge in [0.1, 0.15) is 6.54 Å². The van der Waals surface area contributed by atoms with Gasteiger partial charge in [0, 0.05) is 26.7 Å². The van der Waals surface area contributed by atoms with Gasteiger partial charge >= 0.3 is 12.0 Å². The number of carboxylic acids is 1. The van der Waals surface area contributed by atoms with Crippen molar-refractivity contribution < 1.29 is 27.9 Å². The van der Waals surface area contributed by atoms with Crippen LogP contribution in [-0.2, 0) is 19.4 Å². The summed E-state index contributed by atoms with van der Waals surface area (Å²) >= 11 is 0. The van der Waals surface area contributed by atoms with Crippen LogP contribution in [0.15, 0.2) is 0 Å². The minimum Gasteiger partial charge on any atom is -0.480 e. The third-order valence-electron chi connectivity index (χ3n) is 2.99. The van der Waals surface area contributed by atoms with Crippen LogP contribution in [0, 0.1) is 0 Å². The number of methoxy groups -OCH3 is 1. The van der Waals surface area contributed by atoms with Crippen LogP contribution in [0.4, 0.5) is 4.79 Å². The molecule has 1 saturated heterocycles. The zero-order chi connectivity index (χ0) is 15.2. The summed E-state index contributed by atoms with van der Waals surface area (Å²) in [5.41, 5.74) is 0. The van der Waals surface area contributed by atoms with Gasteiger partial charge in [-0.25, -0.2) is 13.2 Å². The second-order valence-corrected chi connectivity index (χ2v) is 6.89. The van der Waals surface area contributed by atoms with E-state index in [2.05, 4.69) is 0 Å². The number of aliphatic carboxylic acids is 1. The zero-order valence-electron chi connectivity index (χ0n) is 11.4. The van der Waals surface area contributed by atoms with E-state index >= 15 is 0 Å². The molecule has 1 fully saturated rings. The van der Waals surface area contributed by atoms with E-state index < -0.39 is 28.4 Å². The fourth-order valence-corrected chi connectivity index (χ4v) is 3.21. The van der Waals surface area contributed by atoms with Crippen LogP contribution in [-0.4, -0.2) is 86.7 Å². The largest absolute Gasteiger partial charge is 0.480 e. The highest BCUT2D eigenvalue weighted by atomic mass is 32.2. The Morgan fingerprint density at radius 3 is 2.60 bits per heavy atom. The second-order valence-electron chi connectivity index (χ2n) is 4.58. The van der Waals surface area contributed by atoms with Crippen LogP contribution in [0.5, 0.6) is 0 Å². The number of rotatable bonds is 5. The number of carboxylic acid groups (broad SMARTS) is 1. The van der Waals surface area contributed by atoms with Gasteiger partial charge in [-0.15, -0.1) is 0 Å².